The third-order valence-corrected chi connectivity index (χ3v) is 8.03. The Hall–Kier alpha value is -3.21. The molecule has 0 unspecified atom stereocenters. The largest absolute Gasteiger partial charge is 0.454 e. The number of aromatic nitrogens is 2. The SMILES string of the molecule is O=C(CC1CCN(C(=O)c2nnc(C(=O)Nc3ccc4c(c3)OCO4)s2)CC1)NCC1CCCCC1. The second kappa shape index (κ2) is 11.2. The second-order valence-corrected chi connectivity index (χ2v) is 10.7. The van der Waals surface area contributed by atoms with E-state index in [1.807, 2.05) is 0 Å². The summed E-state index contributed by atoms with van der Waals surface area (Å²) in [6.45, 7) is 2.08. The molecule has 0 spiro atoms. The first kappa shape index (κ1) is 24.5. The van der Waals surface area contributed by atoms with Crippen molar-refractivity contribution in [1.29, 1.82) is 0 Å². The summed E-state index contributed by atoms with van der Waals surface area (Å²) in [6, 6.07) is 5.10. The van der Waals surface area contributed by atoms with Gasteiger partial charge in [0.25, 0.3) is 11.8 Å². The molecule has 2 fully saturated rings. The summed E-state index contributed by atoms with van der Waals surface area (Å²) in [4.78, 5) is 39.6. The number of anilines is 1. The lowest BCUT2D eigenvalue weighted by molar-refractivity contribution is -0.122. The van der Waals surface area contributed by atoms with Crippen LogP contribution in [-0.2, 0) is 4.79 Å². The molecule has 192 valence electrons. The van der Waals surface area contributed by atoms with Crippen molar-refractivity contribution in [2.45, 2.75) is 51.4 Å². The van der Waals surface area contributed by atoms with Crippen molar-refractivity contribution < 1.29 is 23.9 Å². The van der Waals surface area contributed by atoms with Crippen LogP contribution in [0.2, 0.25) is 0 Å². The summed E-state index contributed by atoms with van der Waals surface area (Å²) in [5, 5.41) is 14.0. The molecule has 3 amide bonds. The highest BCUT2D eigenvalue weighted by molar-refractivity contribution is 7.15. The highest BCUT2D eigenvalue weighted by atomic mass is 32.1. The summed E-state index contributed by atoms with van der Waals surface area (Å²) < 4.78 is 10.6. The zero-order valence-electron chi connectivity index (χ0n) is 20.2. The van der Waals surface area contributed by atoms with E-state index < -0.39 is 5.91 Å². The summed E-state index contributed by atoms with van der Waals surface area (Å²) in [7, 11) is 0. The third kappa shape index (κ3) is 5.95. The predicted octanol–water partition coefficient (Wildman–Crippen LogP) is 3.46. The van der Waals surface area contributed by atoms with E-state index >= 15 is 0 Å². The first-order chi connectivity index (χ1) is 17.5. The number of rotatable bonds is 7. The van der Waals surface area contributed by atoms with Crippen molar-refractivity contribution in [2.24, 2.45) is 11.8 Å². The minimum Gasteiger partial charge on any atom is -0.454 e. The fraction of sp³-hybridized carbons (Fsp3) is 0.560. The number of fused-ring (bicyclic) bond motifs is 1. The summed E-state index contributed by atoms with van der Waals surface area (Å²) in [6.07, 6.45) is 8.35. The van der Waals surface area contributed by atoms with Gasteiger partial charge in [-0.2, -0.15) is 0 Å². The van der Waals surface area contributed by atoms with Crippen molar-refractivity contribution in [1.82, 2.24) is 20.4 Å². The maximum Gasteiger partial charge on any atom is 0.286 e. The molecular weight excluding hydrogens is 482 g/mol. The average molecular weight is 514 g/mol. The van der Waals surface area contributed by atoms with Crippen molar-refractivity contribution in [3.63, 3.8) is 0 Å². The highest BCUT2D eigenvalue weighted by Gasteiger charge is 2.28. The Morgan fingerprint density at radius 1 is 0.944 bits per heavy atom. The number of hydrogen-bond acceptors (Lipinski definition) is 8. The van der Waals surface area contributed by atoms with Crippen molar-refractivity contribution in [3.8, 4) is 11.5 Å². The van der Waals surface area contributed by atoms with E-state index in [1.165, 1.54) is 32.1 Å². The summed E-state index contributed by atoms with van der Waals surface area (Å²) in [5.41, 5.74) is 0.539. The molecule has 1 saturated carbocycles. The summed E-state index contributed by atoms with van der Waals surface area (Å²) >= 11 is 0.973. The van der Waals surface area contributed by atoms with Gasteiger partial charge in [-0.1, -0.05) is 30.6 Å². The van der Waals surface area contributed by atoms with Gasteiger partial charge in [0.2, 0.25) is 22.7 Å². The first-order valence-electron chi connectivity index (χ1n) is 12.7. The normalized spacial score (nSPS) is 18.2. The van der Waals surface area contributed by atoms with Crippen LogP contribution in [0.1, 0.15) is 71.0 Å². The number of piperidine rings is 1. The second-order valence-electron chi connectivity index (χ2n) is 9.68. The number of hydrogen-bond donors (Lipinski definition) is 2. The van der Waals surface area contributed by atoms with E-state index in [0.717, 1.165) is 30.7 Å². The number of nitrogens with one attached hydrogen (secondary N) is 2. The van der Waals surface area contributed by atoms with Crippen LogP contribution in [0.3, 0.4) is 0 Å². The van der Waals surface area contributed by atoms with Gasteiger partial charge >= 0.3 is 0 Å². The number of benzene rings is 1. The Labute approximate surface area is 213 Å². The molecule has 0 atom stereocenters. The standard InChI is InChI=1S/C25H31N5O5S/c31-21(26-14-17-4-2-1-3-5-17)12-16-8-10-30(11-9-16)25(33)24-29-28-23(36-24)22(32)27-18-6-7-19-20(13-18)35-15-34-19/h6-7,13,16-17H,1-5,8-12,14-15H2,(H,26,31)(H,27,32). The lowest BCUT2D eigenvalue weighted by Gasteiger charge is -2.31. The smallest absolute Gasteiger partial charge is 0.286 e. The lowest BCUT2D eigenvalue weighted by atomic mass is 9.89. The van der Waals surface area contributed by atoms with Crippen LogP contribution < -0.4 is 20.1 Å². The van der Waals surface area contributed by atoms with Gasteiger partial charge in [-0.25, -0.2) is 0 Å². The Kier molecular flexibility index (Phi) is 7.64. The van der Waals surface area contributed by atoms with Crippen molar-refractivity contribution in [2.75, 3.05) is 31.7 Å². The van der Waals surface area contributed by atoms with E-state index in [2.05, 4.69) is 20.8 Å². The van der Waals surface area contributed by atoms with E-state index in [9.17, 15) is 14.4 Å². The number of nitrogens with zero attached hydrogens (tertiary/aromatic N) is 3. The fourth-order valence-electron chi connectivity index (χ4n) is 5.02. The lowest BCUT2D eigenvalue weighted by Crippen LogP contribution is -2.40. The molecule has 3 heterocycles. The third-order valence-electron chi connectivity index (χ3n) is 7.12. The van der Waals surface area contributed by atoms with Gasteiger partial charge in [0.05, 0.1) is 0 Å². The Morgan fingerprint density at radius 3 is 2.50 bits per heavy atom. The van der Waals surface area contributed by atoms with Gasteiger partial charge in [-0.3, -0.25) is 14.4 Å². The molecule has 2 aliphatic heterocycles. The van der Waals surface area contributed by atoms with Gasteiger partial charge in [0.15, 0.2) is 11.5 Å². The highest BCUT2D eigenvalue weighted by Crippen LogP contribution is 2.34. The van der Waals surface area contributed by atoms with E-state index in [-0.39, 0.29) is 34.5 Å². The Morgan fingerprint density at radius 2 is 1.69 bits per heavy atom. The zero-order valence-corrected chi connectivity index (χ0v) is 21.0. The molecule has 3 aliphatic rings. The van der Waals surface area contributed by atoms with Gasteiger partial charge < -0.3 is 25.0 Å². The molecule has 1 aromatic heterocycles. The van der Waals surface area contributed by atoms with Crippen LogP contribution in [0, 0.1) is 11.8 Å². The summed E-state index contributed by atoms with van der Waals surface area (Å²) in [5.74, 6) is 1.54. The molecule has 36 heavy (non-hydrogen) atoms. The monoisotopic (exact) mass is 513 g/mol. The molecule has 10 nitrogen and oxygen atoms in total. The van der Waals surface area contributed by atoms with Gasteiger partial charge in [-0.15, -0.1) is 10.2 Å². The minimum absolute atomic E-state index is 0.112. The number of carbonyl (C=O) groups excluding carboxylic acids is 3. The van der Waals surface area contributed by atoms with Crippen LogP contribution in [0.5, 0.6) is 11.5 Å². The maximum absolute atomic E-state index is 12.9. The average Bonchev–Trinajstić information content (AvgIpc) is 3.58. The number of ether oxygens (including phenoxy) is 2. The zero-order chi connectivity index (χ0) is 24.9. The fourth-order valence-corrected chi connectivity index (χ4v) is 5.73. The molecule has 0 radical (unpaired) electrons. The molecule has 11 heteroatoms. The van der Waals surface area contributed by atoms with Crippen LogP contribution >= 0.6 is 11.3 Å². The van der Waals surface area contributed by atoms with E-state index in [0.29, 0.717) is 42.6 Å². The first-order valence-corrected chi connectivity index (χ1v) is 13.5. The van der Waals surface area contributed by atoms with E-state index in [1.54, 1.807) is 23.1 Å². The van der Waals surface area contributed by atoms with E-state index in [4.69, 9.17) is 9.47 Å². The van der Waals surface area contributed by atoms with Crippen LogP contribution in [-0.4, -0.2) is 59.2 Å². The molecule has 0 bridgehead atoms. The topological polar surface area (TPSA) is 123 Å². The molecule has 5 rings (SSSR count). The molecule has 2 aromatic rings. The minimum atomic E-state index is -0.441. The van der Waals surface area contributed by atoms with Gasteiger partial charge in [0, 0.05) is 37.8 Å². The maximum atomic E-state index is 12.9. The number of likely N-dealkylation sites (tertiary alicyclic amines) is 1. The number of amides is 3. The molecular formula is C25H31N5O5S. The Balaban J connectivity index is 1.07. The van der Waals surface area contributed by atoms with Crippen LogP contribution in [0.4, 0.5) is 5.69 Å². The van der Waals surface area contributed by atoms with Crippen molar-refractivity contribution in [3.05, 3.63) is 28.2 Å². The van der Waals surface area contributed by atoms with Gasteiger partial charge in [0.1, 0.15) is 0 Å². The quantitative estimate of drug-likeness (QED) is 0.581. The van der Waals surface area contributed by atoms with Crippen LogP contribution in [0.15, 0.2) is 18.2 Å². The Bertz CT molecular complexity index is 1110. The van der Waals surface area contributed by atoms with Crippen LogP contribution in [0.25, 0.3) is 0 Å². The molecule has 1 saturated heterocycles. The predicted molar refractivity (Wildman–Crippen MR) is 133 cm³/mol. The molecule has 2 N–H and O–H groups in total. The molecule has 1 aromatic carbocycles. The molecule has 1 aliphatic carbocycles. The number of carbonyl (C=O) groups is 3. The van der Waals surface area contributed by atoms with Crippen molar-refractivity contribution >= 4 is 34.7 Å². The van der Waals surface area contributed by atoms with Gasteiger partial charge in [-0.05, 0) is 49.7 Å².